The van der Waals surface area contributed by atoms with Gasteiger partial charge in [0, 0.05) is 33.2 Å². The van der Waals surface area contributed by atoms with Gasteiger partial charge in [0.2, 0.25) is 0 Å². The minimum atomic E-state index is 0.608. The second-order valence-corrected chi connectivity index (χ2v) is 6.03. The molecule has 106 valence electrons. The molecule has 1 aromatic carbocycles. The predicted molar refractivity (Wildman–Crippen MR) is 84.2 cm³/mol. The highest BCUT2D eigenvalue weighted by atomic mass is 15.2. The quantitative estimate of drug-likeness (QED) is 0.883. The maximum Gasteiger partial charge on any atom is 0.0604 e. The normalized spacial score (nSPS) is 24.7. The zero-order chi connectivity index (χ0) is 13.8. The molecule has 1 N–H and O–H groups in total. The highest BCUT2D eigenvalue weighted by molar-refractivity contribution is 5.70. The molecule has 1 aliphatic rings. The van der Waals surface area contributed by atoms with Crippen LogP contribution in [0.3, 0.4) is 0 Å². The lowest BCUT2D eigenvalue weighted by molar-refractivity contribution is 0.411. The van der Waals surface area contributed by atoms with Crippen LogP contribution in [-0.2, 0) is 0 Å². The molecule has 0 bridgehead atoms. The van der Waals surface area contributed by atoms with Crippen molar-refractivity contribution in [2.75, 3.05) is 43.5 Å². The highest BCUT2D eigenvalue weighted by Crippen LogP contribution is 2.29. The molecule has 0 aromatic heterocycles. The van der Waals surface area contributed by atoms with Crippen molar-refractivity contribution in [1.29, 1.82) is 0 Å². The largest absolute Gasteiger partial charge is 0.376 e. The van der Waals surface area contributed by atoms with Gasteiger partial charge in [0.05, 0.1) is 11.4 Å². The lowest BCUT2D eigenvalue weighted by Crippen LogP contribution is -2.42. The smallest absolute Gasteiger partial charge is 0.0604 e. The standard InChI is InChI=1S/C16H27N3/c1-13-11-17-14(2)9-10-19(12-13)16-8-6-5-7-15(16)18(3)4/h5-8,13-14,17H,9-12H2,1-4H3. The summed E-state index contributed by atoms with van der Waals surface area (Å²) in [5.74, 6) is 0.679. The average molecular weight is 261 g/mol. The Hall–Kier alpha value is -1.22. The maximum atomic E-state index is 3.61. The van der Waals surface area contributed by atoms with Gasteiger partial charge in [-0.15, -0.1) is 0 Å². The molecule has 1 heterocycles. The van der Waals surface area contributed by atoms with Crippen molar-refractivity contribution in [3.8, 4) is 0 Å². The zero-order valence-corrected chi connectivity index (χ0v) is 12.7. The van der Waals surface area contributed by atoms with Crippen LogP contribution in [-0.4, -0.2) is 39.8 Å². The number of rotatable bonds is 2. The summed E-state index contributed by atoms with van der Waals surface area (Å²) in [6.07, 6.45) is 1.20. The van der Waals surface area contributed by atoms with E-state index >= 15 is 0 Å². The Morgan fingerprint density at radius 2 is 1.95 bits per heavy atom. The molecule has 2 atom stereocenters. The van der Waals surface area contributed by atoms with Crippen molar-refractivity contribution >= 4 is 11.4 Å². The van der Waals surface area contributed by atoms with Crippen molar-refractivity contribution in [2.24, 2.45) is 5.92 Å². The summed E-state index contributed by atoms with van der Waals surface area (Å²) in [6.45, 7) is 7.99. The first-order valence-corrected chi connectivity index (χ1v) is 7.32. The van der Waals surface area contributed by atoms with Crippen LogP contribution in [0.5, 0.6) is 0 Å². The summed E-state index contributed by atoms with van der Waals surface area (Å²) in [5, 5.41) is 3.61. The molecule has 3 heteroatoms. The van der Waals surface area contributed by atoms with E-state index in [1.165, 1.54) is 17.8 Å². The molecule has 0 radical (unpaired) electrons. The van der Waals surface area contributed by atoms with Gasteiger partial charge in [-0.3, -0.25) is 0 Å². The Bertz CT molecular complexity index is 403. The summed E-state index contributed by atoms with van der Waals surface area (Å²) in [4.78, 5) is 4.76. The molecule has 0 saturated carbocycles. The third kappa shape index (κ3) is 3.63. The van der Waals surface area contributed by atoms with E-state index in [0.29, 0.717) is 12.0 Å². The second kappa shape index (κ2) is 6.29. The third-order valence-corrected chi connectivity index (χ3v) is 3.88. The van der Waals surface area contributed by atoms with Gasteiger partial charge in [0.15, 0.2) is 0 Å². The number of hydrogen-bond acceptors (Lipinski definition) is 3. The van der Waals surface area contributed by atoms with Gasteiger partial charge in [-0.2, -0.15) is 0 Å². The van der Waals surface area contributed by atoms with Gasteiger partial charge in [-0.1, -0.05) is 19.1 Å². The predicted octanol–water partition coefficient (Wildman–Crippen LogP) is 2.58. The first-order valence-electron chi connectivity index (χ1n) is 7.32. The topological polar surface area (TPSA) is 18.5 Å². The summed E-state index contributed by atoms with van der Waals surface area (Å²) in [6, 6.07) is 9.34. The van der Waals surface area contributed by atoms with Crippen LogP contribution in [0, 0.1) is 5.92 Å². The first-order chi connectivity index (χ1) is 9.08. The van der Waals surface area contributed by atoms with Gasteiger partial charge >= 0.3 is 0 Å². The van der Waals surface area contributed by atoms with Crippen molar-refractivity contribution in [1.82, 2.24) is 5.32 Å². The van der Waals surface area contributed by atoms with E-state index < -0.39 is 0 Å². The molecule has 1 fully saturated rings. The minimum absolute atomic E-state index is 0.608. The van der Waals surface area contributed by atoms with Gasteiger partial charge in [-0.05, 0) is 37.9 Å². The number of para-hydroxylation sites is 2. The van der Waals surface area contributed by atoms with E-state index in [9.17, 15) is 0 Å². The average Bonchev–Trinajstić information content (AvgIpc) is 2.39. The molecule has 1 aliphatic heterocycles. The fraction of sp³-hybridized carbons (Fsp3) is 0.625. The maximum absolute atomic E-state index is 3.61. The molecule has 0 amide bonds. The van der Waals surface area contributed by atoms with Crippen molar-refractivity contribution in [2.45, 2.75) is 26.3 Å². The summed E-state index contributed by atoms with van der Waals surface area (Å²) < 4.78 is 0. The Kier molecular flexibility index (Phi) is 4.70. The number of anilines is 2. The Morgan fingerprint density at radius 1 is 1.21 bits per heavy atom. The molecular formula is C16H27N3. The molecular weight excluding hydrogens is 234 g/mol. The van der Waals surface area contributed by atoms with Crippen LogP contribution in [0.4, 0.5) is 11.4 Å². The Morgan fingerprint density at radius 3 is 2.68 bits per heavy atom. The van der Waals surface area contributed by atoms with Crippen molar-refractivity contribution < 1.29 is 0 Å². The molecule has 0 spiro atoms. The second-order valence-electron chi connectivity index (χ2n) is 6.03. The molecule has 1 aromatic rings. The fourth-order valence-corrected chi connectivity index (χ4v) is 2.71. The van der Waals surface area contributed by atoms with Gasteiger partial charge < -0.3 is 15.1 Å². The van der Waals surface area contributed by atoms with E-state index in [-0.39, 0.29) is 0 Å². The highest BCUT2D eigenvalue weighted by Gasteiger charge is 2.19. The molecule has 3 nitrogen and oxygen atoms in total. The number of nitrogens with zero attached hydrogens (tertiary/aromatic N) is 2. The Balaban J connectivity index is 2.23. The number of nitrogens with one attached hydrogen (secondary N) is 1. The lowest BCUT2D eigenvalue weighted by atomic mass is 10.1. The molecule has 2 unspecified atom stereocenters. The molecule has 19 heavy (non-hydrogen) atoms. The van der Waals surface area contributed by atoms with E-state index in [1.54, 1.807) is 0 Å². The fourth-order valence-electron chi connectivity index (χ4n) is 2.71. The Labute approximate surface area is 117 Å². The van der Waals surface area contributed by atoms with Gasteiger partial charge in [-0.25, -0.2) is 0 Å². The number of benzene rings is 1. The van der Waals surface area contributed by atoms with Crippen LogP contribution >= 0.6 is 0 Å². The van der Waals surface area contributed by atoms with E-state index in [2.05, 4.69) is 67.3 Å². The zero-order valence-electron chi connectivity index (χ0n) is 12.7. The molecule has 2 rings (SSSR count). The van der Waals surface area contributed by atoms with E-state index in [0.717, 1.165) is 19.6 Å². The SMILES string of the molecule is CC1CNC(C)CCN(c2ccccc2N(C)C)C1. The third-order valence-electron chi connectivity index (χ3n) is 3.88. The van der Waals surface area contributed by atoms with Crippen molar-refractivity contribution in [3.63, 3.8) is 0 Å². The minimum Gasteiger partial charge on any atom is -0.376 e. The van der Waals surface area contributed by atoms with Crippen LogP contribution in [0.25, 0.3) is 0 Å². The van der Waals surface area contributed by atoms with Crippen LogP contribution in [0.15, 0.2) is 24.3 Å². The molecule has 0 aliphatic carbocycles. The summed E-state index contributed by atoms with van der Waals surface area (Å²) in [7, 11) is 4.24. The number of hydrogen-bond donors (Lipinski definition) is 1. The van der Waals surface area contributed by atoms with Crippen LogP contribution in [0.1, 0.15) is 20.3 Å². The van der Waals surface area contributed by atoms with E-state index in [4.69, 9.17) is 0 Å². The molecule has 1 saturated heterocycles. The van der Waals surface area contributed by atoms with E-state index in [1.807, 2.05) is 0 Å². The van der Waals surface area contributed by atoms with Crippen molar-refractivity contribution in [3.05, 3.63) is 24.3 Å². The first kappa shape index (κ1) is 14.2. The van der Waals surface area contributed by atoms with Gasteiger partial charge in [0.25, 0.3) is 0 Å². The summed E-state index contributed by atoms with van der Waals surface area (Å²) in [5.41, 5.74) is 2.68. The van der Waals surface area contributed by atoms with Gasteiger partial charge in [0.1, 0.15) is 0 Å². The van der Waals surface area contributed by atoms with Crippen LogP contribution in [0.2, 0.25) is 0 Å². The lowest BCUT2D eigenvalue weighted by Gasteiger charge is -2.35. The monoisotopic (exact) mass is 261 g/mol. The van der Waals surface area contributed by atoms with Crippen LogP contribution < -0.4 is 15.1 Å². The summed E-state index contributed by atoms with van der Waals surface area (Å²) >= 11 is 0.